The van der Waals surface area contributed by atoms with Crippen LogP contribution in [-0.2, 0) is 6.54 Å². The Morgan fingerprint density at radius 2 is 1.91 bits per heavy atom. The molecule has 3 aromatic rings. The van der Waals surface area contributed by atoms with E-state index in [0.29, 0.717) is 6.54 Å². The van der Waals surface area contributed by atoms with Gasteiger partial charge in [-0.25, -0.2) is 4.98 Å². The van der Waals surface area contributed by atoms with Gasteiger partial charge in [-0.15, -0.1) is 0 Å². The molecular weight excluding hydrogens is 274 g/mol. The predicted molar refractivity (Wildman–Crippen MR) is 88.3 cm³/mol. The van der Waals surface area contributed by atoms with E-state index in [1.807, 2.05) is 44.6 Å². The van der Waals surface area contributed by atoms with Gasteiger partial charge in [-0.05, 0) is 17.5 Å². The maximum absolute atomic E-state index is 10.0. The lowest BCUT2D eigenvalue weighted by molar-refractivity contribution is 0.0884. The van der Waals surface area contributed by atoms with E-state index in [1.165, 1.54) is 0 Å². The van der Waals surface area contributed by atoms with Crippen molar-refractivity contribution in [2.75, 3.05) is 0 Å². The van der Waals surface area contributed by atoms with Gasteiger partial charge in [-0.3, -0.25) is 5.32 Å². The van der Waals surface area contributed by atoms with Gasteiger partial charge in [0.2, 0.25) is 0 Å². The van der Waals surface area contributed by atoms with Crippen molar-refractivity contribution < 1.29 is 5.11 Å². The first-order valence-electron chi connectivity index (χ1n) is 7.57. The number of aliphatic hydroxyl groups is 1. The second-order valence-electron chi connectivity index (χ2n) is 5.82. The summed E-state index contributed by atoms with van der Waals surface area (Å²) in [5.41, 5.74) is 4.46. The smallest absolute Gasteiger partial charge is 0.107 e. The zero-order chi connectivity index (χ0) is 15.5. The molecule has 1 atom stereocenters. The van der Waals surface area contributed by atoms with Crippen LogP contribution < -0.4 is 5.32 Å². The molecule has 22 heavy (non-hydrogen) atoms. The molecule has 0 saturated carbocycles. The van der Waals surface area contributed by atoms with Crippen molar-refractivity contribution >= 4 is 5.52 Å². The molecular formula is C18H21N3O. The van der Waals surface area contributed by atoms with E-state index in [0.717, 1.165) is 22.3 Å². The molecule has 0 bridgehead atoms. The molecule has 1 unspecified atom stereocenters. The molecule has 2 heterocycles. The Morgan fingerprint density at radius 1 is 1.14 bits per heavy atom. The minimum atomic E-state index is -0.526. The van der Waals surface area contributed by atoms with Crippen LogP contribution >= 0.6 is 0 Å². The normalized spacial score (nSPS) is 12.9. The lowest BCUT2D eigenvalue weighted by Crippen LogP contribution is -2.33. The average Bonchev–Trinajstić information content (AvgIpc) is 3.01. The number of imidazole rings is 1. The summed E-state index contributed by atoms with van der Waals surface area (Å²) in [6, 6.07) is 14.5. The Balaban J connectivity index is 2.02. The number of benzene rings is 1. The third-order valence-electron chi connectivity index (χ3n) is 3.88. The fraction of sp³-hybridized carbons (Fsp3) is 0.278. The van der Waals surface area contributed by atoms with Crippen molar-refractivity contribution in [3.8, 4) is 11.1 Å². The second-order valence-corrected chi connectivity index (χ2v) is 5.82. The Kier molecular flexibility index (Phi) is 4.22. The second kappa shape index (κ2) is 6.30. The predicted octanol–water partition coefficient (Wildman–Crippen LogP) is 3.07. The number of rotatable bonds is 5. The van der Waals surface area contributed by atoms with Crippen LogP contribution in [0.1, 0.15) is 19.5 Å². The van der Waals surface area contributed by atoms with Gasteiger partial charge in [0.05, 0.1) is 18.0 Å². The van der Waals surface area contributed by atoms with E-state index in [2.05, 4.69) is 39.0 Å². The zero-order valence-corrected chi connectivity index (χ0v) is 12.9. The van der Waals surface area contributed by atoms with Gasteiger partial charge >= 0.3 is 0 Å². The first-order valence-corrected chi connectivity index (χ1v) is 7.57. The molecule has 0 radical (unpaired) electrons. The number of aromatic nitrogens is 2. The summed E-state index contributed by atoms with van der Waals surface area (Å²) in [5.74, 6) is 0.169. The largest absolute Gasteiger partial charge is 0.378 e. The molecule has 0 aliphatic heterocycles. The third kappa shape index (κ3) is 2.89. The number of fused-ring (bicyclic) bond motifs is 1. The van der Waals surface area contributed by atoms with E-state index < -0.39 is 6.23 Å². The van der Waals surface area contributed by atoms with Crippen LogP contribution in [0, 0.1) is 5.92 Å². The van der Waals surface area contributed by atoms with E-state index in [-0.39, 0.29) is 5.92 Å². The molecule has 4 heteroatoms. The molecule has 0 aliphatic carbocycles. The lowest BCUT2D eigenvalue weighted by Gasteiger charge is -2.19. The van der Waals surface area contributed by atoms with Crippen LogP contribution in [0.2, 0.25) is 0 Å². The first kappa shape index (κ1) is 14.8. The minimum absolute atomic E-state index is 0.169. The molecule has 0 aliphatic rings. The monoisotopic (exact) mass is 295 g/mol. The number of pyridine rings is 1. The molecule has 0 saturated heterocycles. The Bertz CT molecular complexity index is 749. The molecule has 2 N–H and O–H groups in total. The molecule has 1 aromatic carbocycles. The Hall–Kier alpha value is -2.17. The van der Waals surface area contributed by atoms with Crippen LogP contribution in [0.5, 0.6) is 0 Å². The fourth-order valence-electron chi connectivity index (χ4n) is 2.55. The summed E-state index contributed by atoms with van der Waals surface area (Å²) >= 11 is 0. The summed E-state index contributed by atoms with van der Waals surface area (Å²) < 4.78 is 2.07. The number of nitrogens with zero attached hydrogens (tertiary/aromatic N) is 2. The van der Waals surface area contributed by atoms with E-state index in [9.17, 15) is 5.11 Å². The van der Waals surface area contributed by atoms with Crippen LogP contribution in [0.3, 0.4) is 0 Å². The van der Waals surface area contributed by atoms with Crippen LogP contribution in [0.25, 0.3) is 16.6 Å². The Labute approximate surface area is 130 Å². The highest BCUT2D eigenvalue weighted by molar-refractivity contribution is 5.69. The first-order chi connectivity index (χ1) is 10.7. The van der Waals surface area contributed by atoms with Crippen molar-refractivity contribution in [3.63, 3.8) is 0 Å². The summed E-state index contributed by atoms with van der Waals surface area (Å²) in [7, 11) is 0. The van der Waals surface area contributed by atoms with Gasteiger partial charge in [0.15, 0.2) is 0 Å². The van der Waals surface area contributed by atoms with Gasteiger partial charge in [0.1, 0.15) is 6.23 Å². The quantitative estimate of drug-likeness (QED) is 0.711. The molecule has 0 fully saturated rings. The van der Waals surface area contributed by atoms with Crippen molar-refractivity contribution in [2.45, 2.75) is 26.6 Å². The molecule has 4 nitrogen and oxygen atoms in total. The maximum atomic E-state index is 10.0. The molecule has 3 rings (SSSR count). The number of hydrogen-bond donors (Lipinski definition) is 2. The summed E-state index contributed by atoms with van der Waals surface area (Å²) in [5, 5.41) is 13.2. The SMILES string of the molecule is CC(C)C(O)NCc1c(-c2ccccc2)ccc2cncn12. The van der Waals surface area contributed by atoms with Crippen LogP contribution in [-0.4, -0.2) is 20.7 Å². The van der Waals surface area contributed by atoms with Gasteiger partial charge in [-0.2, -0.15) is 0 Å². The highest BCUT2D eigenvalue weighted by Crippen LogP contribution is 2.25. The topological polar surface area (TPSA) is 49.6 Å². The highest BCUT2D eigenvalue weighted by Gasteiger charge is 2.13. The summed E-state index contributed by atoms with van der Waals surface area (Å²) in [4.78, 5) is 4.23. The summed E-state index contributed by atoms with van der Waals surface area (Å²) in [6.45, 7) is 4.57. The standard InChI is InChI=1S/C18H21N3O/c1-13(2)18(22)20-11-17-16(14-6-4-3-5-7-14)9-8-15-10-19-12-21(15)17/h3-10,12-13,18,20,22H,11H2,1-2H3. The number of hydrogen-bond acceptors (Lipinski definition) is 3. The number of aliphatic hydroxyl groups excluding tert-OH is 1. The average molecular weight is 295 g/mol. The van der Waals surface area contributed by atoms with Crippen LogP contribution in [0.4, 0.5) is 0 Å². The zero-order valence-electron chi connectivity index (χ0n) is 12.9. The van der Waals surface area contributed by atoms with Crippen LogP contribution in [0.15, 0.2) is 55.0 Å². The molecule has 0 spiro atoms. The van der Waals surface area contributed by atoms with Crippen molar-refractivity contribution in [1.29, 1.82) is 0 Å². The molecule has 0 amide bonds. The minimum Gasteiger partial charge on any atom is -0.378 e. The third-order valence-corrected chi connectivity index (χ3v) is 3.88. The van der Waals surface area contributed by atoms with Crippen molar-refractivity contribution in [2.24, 2.45) is 5.92 Å². The van der Waals surface area contributed by atoms with Gasteiger partial charge < -0.3 is 9.51 Å². The van der Waals surface area contributed by atoms with Crippen molar-refractivity contribution in [1.82, 2.24) is 14.7 Å². The molecule has 114 valence electrons. The molecule has 2 aromatic heterocycles. The fourth-order valence-corrected chi connectivity index (χ4v) is 2.55. The van der Waals surface area contributed by atoms with Crippen molar-refractivity contribution in [3.05, 3.63) is 60.7 Å². The van der Waals surface area contributed by atoms with E-state index >= 15 is 0 Å². The van der Waals surface area contributed by atoms with Gasteiger partial charge in [0.25, 0.3) is 0 Å². The van der Waals surface area contributed by atoms with Gasteiger partial charge in [-0.1, -0.05) is 50.2 Å². The Morgan fingerprint density at radius 3 is 2.64 bits per heavy atom. The van der Waals surface area contributed by atoms with E-state index in [1.54, 1.807) is 0 Å². The summed E-state index contributed by atoms with van der Waals surface area (Å²) in [6.07, 6.45) is 3.14. The van der Waals surface area contributed by atoms with E-state index in [4.69, 9.17) is 0 Å². The van der Waals surface area contributed by atoms with Gasteiger partial charge in [0, 0.05) is 17.8 Å². The number of nitrogens with one attached hydrogen (secondary N) is 1. The highest BCUT2D eigenvalue weighted by atomic mass is 16.3. The maximum Gasteiger partial charge on any atom is 0.107 e. The lowest BCUT2D eigenvalue weighted by atomic mass is 10.0.